The van der Waals surface area contributed by atoms with Gasteiger partial charge in [0.2, 0.25) is 0 Å². The van der Waals surface area contributed by atoms with Crippen molar-refractivity contribution in [3.05, 3.63) is 24.3 Å². The second-order valence-corrected chi connectivity index (χ2v) is 3.81. The summed E-state index contributed by atoms with van der Waals surface area (Å²) in [6.45, 7) is 0.655. The van der Waals surface area contributed by atoms with Crippen molar-refractivity contribution in [1.29, 1.82) is 0 Å². The zero-order valence-corrected chi connectivity index (χ0v) is 10.6. The topological polar surface area (TPSA) is 65.0 Å². The van der Waals surface area contributed by atoms with E-state index in [1.165, 1.54) is 13.2 Å². The van der Waals surface area contributed by atoms with Crippen molar-refractivity contribution in [3.63, 3.8) is 0 Å². The van der Waals surface area contributed by atoms with Crippen LogP contribution >= 0.6 is 0 Å². The summed E-state index contributed by atoms with van der Waals surface area (Å²) in [6, 6.07) is 6.43. The number of ether oxygens (including phenoxy) is 3. The zero-order chi connectivity index (χ0) is 13.4. The van der Waals surface area contributed by atoms with E-state index in [2.05, 4.69) is 0 Å². The molecule has 0 spiro atoms. The lowest BCUT2D eigenvalue weighted by Gasteiger charge is -2.15. The van der Waals surface area contributed by atoms with Gasteiger partial charge >= 0.3 is 5.97 Å². The van der Waals surface area contributed by atoms with Gasteiger partial charge in [0.25, 0.3) is 0 Å². The molecule has 0 saturated carbocycles. The van der Waals surface area contributed by atoms with Crippen molar-refractivity contribution >= 4 is 5.97 Å². The molecule has 1 unspecified atom stereocenters. The smallest absolute Gasteiger partial charge is 0.312 e. The summed E-state index contributed by atoms with van der Waals surface area (Å²) in [7, 11) is 2.92. The zero-order valence-electron chi connectivity index (χ0n) is 10.6. The number of carbonyl (C=O) groups is 1. The first-order chi connectivity index (χ1) is 8.67. The van der Waals surface area contributed by atoms with Crippen LogP contribution in [0.5, 0.6) is 11.5 Å². The van der Waals surface area contributed by atoms with Gasteiger partial charge < -0.3 is 19.3 Å². The van der Waals surface area contributed by atoms with E-state index in [1.807, 2.05) is 0 Å². The lowest BCUT2D eigenvalue weighted by Crippen LogP contribution is -2.24. The Morgan fingerprint density at radius 1 is 1.39 bits per heavy atom. The van der Waals surface area contributed by atoms with E-state index in [0.29, 0.717) is 18.8 Å². The Hall–Kier alpha value is -1.75. The molecule has 18 heavy (non-hydrogen) atoms. The van der Waals surface area contributed by atoms with Gasteiger partial charge in [-0.25, -0.2) is 0 Å². The normalized spacial score (nSPS) is 11.9. The third-order valence-electron chi connectivity index (χ3n) is 2.47. The Bertz CT molecular complexity index is 377. The number of methoxy groups -OCH3 is 2. The molecule has 0 amide bonds. The van der Waals surface area contributed by atoms with E-state index in [0.717, 1.165) is 0 Å². The summed E-state index contributed by atoms with van der Waals surface area (Å²) >= 11 is 0. The van der Waals surface area contributed by atoms with Crippen LogP contribution in [0.3, 0.4) is 0 Å². The second-order valence-electron chi connectivity index (χ2n) is 3.81. The van der Waals surface area contributed by atoms with E-state index in [-0.39, 0.29) is 24.2 Å². The summed E-state index contributed by atoms with van der Waals surface area (Å²) in [5.74, 6) is -0.0650. The van der Waals surface area contributed by atoms with E-state index >= 15 is 0 Å². The number of phenols is 1. The van der Waals surface area contributed by atoms with Crippen molar-refractivity contribution in [1.82, 2.24) is 0 Å². The average molecular weight is 254 g/mol. The van der Waals surface area contributed by atoms with Crippen LogP contribution in [0, 0.1) is 5.92 Å². The SMILES string of the molecule is COCCC(COc1cccc(O)c1)C(=O)OC. The number of aromatic hydroxyl groups is 1. The number of benzene rings is 1. The van der Waals surface area contributed by atoms with Crippen molar-refractivity contribution in [3.8, 4) is 11.5 Å². The number of hydrogen-bond donors (Lipinski definition) is 1. The molecular formula is C13H18O5. The van der Waals surface area contributed by atoms with Crippen molar-refractivity contribution in [2.45, 2.75) is 6.42 Å². The standard InChI is InChI=1S/C13H18O5/c1-16-7-6-10(13(15)17-2)9-18-12-5-3-4-11(14)8-12/h3-5,8,10,14H,6-7,9H2,1-2H3. The van der Waals surface area contributed by atoms with Gasteiger partial charge in [0.1, 0.15) is 18.1 Å². The highest BCUT2D eigenvalue weighted by molar-refractivity contribution is 5.72. The van der Waals surface area contributed by atoms with Gasteiger partial charge in [-0.15, -0.1) is 0 Å². The van der Waals surface area contributed by atoms with Gasteiger partial charge in [-0.05, 0) is 18.6 Å². The van der Waals surface area contributed by atoms with Gasteiger partial charge in [-0.2, -0.15) is 0 Å². The third-order valence-corrected chi connectivity index (χ3v) is 2.47. The molecule has 5 nitrogen and oxygen atoms in total. The number of rotatable bonds is 7. The highest BCUT2D eigenvalue weighted by atomic mass is 16.5. The van der Waals surface area contributed by atoms with Crippen molar-refractivity contribution < 1.29 is 24.1 Å². The fourth-order valence-corrected chi connectivity index (χ4v) is 1.47. The molecule has 0 aliphatic carbocycles. The molecule has 0 bridgehead atoms. The maximum Gasteiger partial charge on any atom is 0.312 e. The highest BCUT2D eigenvalue weighted by Gasteiger charge is 2.19. The Balaban J connectivity index is 2.53. The van der Waals surface area contributed by atoms with Crippen LogP contribution in [-0.4, -0.2) is 38.5 Å². The third kappa shape index (κ3) is 4.63. The van der Waals surface area contributed by atoms with E-state index in [1.54, 1.807) is 25.3 Å². The Labute approximate surface area is 106 Å². The van der Waals surface area contributed by atoms with Crippen molar-refractivity contribution in [2.24, 2.45) is 5.92 Å². The summed E-state index contributed by atoms with van der Waals surface area (Å²) in [6.07, 6.45) is 0.530. The number of esters is 1. The van der Waals surface area contributed by atoms with Crippen LogP contribution < -0.4 is 4.74 Å². The Morgan fingerprint density at radius 2 is 2.17 bits per heavy atom. The number of hydrogen-bond acceptors (Lipinski definition) is 5. The molecule has 0 aliphatic heterocycles. The molecular weight excluding hydrogens is 236 g/mol. The predicted molar refractivity (Wildman–Crippen MR) is 65.6 cm³/mol. The largest absolute Gasteiger partial charge is 0.508 e. The molecule has 0 heterocycles. The fraction of sp³-hybridized carbons (Fsp3) is 0.462. The van der Waals surface area contributed by atoms with Gasteiger partial charge in [0.05, 0.1) is 13.0 Å². The van der Waals surface area contributed by atoms with Crippen LogP contribution in [0.2, 0.25) is 0 Å². The van der Waals surface area contributed by atoms with E-state index < -0.39 is 0 Å². The summed E-state index contributed by atoms with van der Waals surface area (Å²) in [4.78, 5) is 11.5. The van der Waals surface area contributed by atoms with Crippen LogP contribution in [0.25, 0.3) is 0 Å². The Kier molecular flexibility index (Phi) is 6.00. The molecule has 5 heteroatoms. The number of phenolic OH excluding ortho intramolecular Hbond substituents is 1. The second kappa shape index (κ2) is 7.55. The quantitative estimate of drug-likeness (QED) is 0.749. The molecule has 0 aliphatic rings. The average Bonchev–Trinajstić information content (AvgIpc) is 2.38. The minimum absolute atomic E-state index is 0.124. The molecule has 0 aromatic heterocycles. The molecule has 0 radical (unpaired) electrons. The van der Waals surface area contributed by atoms with Crippen LogP contribution in [0.15, 0.2) is 24.3 Å². The summed E-state index contributed by atoms with van der Waals surface area (Å²) in [5.41, 5.74) is 0. The molecule has 1 aromatic rings. The molecule has 0 saturated heterocycles. The van der Waals surface area contributed by atoms with Gasteiger partial charge in [0.15, 0.2) is 0 Å². The molecule has 1 rings (SSSR count). The minimum atomic E-state index is -0.378. The van der Waals surface area contributed by atoms with Crippen molar-refractivity contribution in [2.75, 3.05) is 27.4 Å². The lowest BCUT2D eigenvalue weighted by molar-refractivity contribution is -0.147. The molecule has 1 aromatic carbocycles. The maximum absolute atomic E-state index is 11.5. The maximum atomic E-state index is 11.5. The van der Waals surface area contributed by atoms with Gasteiger partial charge in [-0.1, -0.05) is 6.07 Å². The predicted octanol–water partition coefficient (Wildman–Crippen LogP) is 1.60. The van der Waals surface area contributed by atoms with Crippen LogP contribution in [0.1, 0.15) is 6.42 Å². The van der Waals surface area contributed by atoms with E-state index in [9.17, 15) is 9.90 Å². The highest BCUT2D eigenvalue weighted by Crippen LogP contribution is 2.19. The van der Waals surface area contributed by atoms with E-state index in [4.69, 9.17) is 14.2 Å². The first-order valence-electron chi connectivity index (χ1n) is 5.66. The summed E-state index contributed by atoms with van der Waals surface area (Å²) < 4.78 is 15.1. The fourth-order valence-electron chi connectivity index (χ4n) is 1.47. The van der Waals surface area contributed by atoms with Gasteiger partial charge in [-0.3, -0.25) is 4.79 Å². The minimum Gasteiger partial charge on any atom is -0.508 e. The molecule has 100 valence electrons. The molecule has 1 N–H and O–H groups in total. The van der Waals surface area contributed by atoms with Crippen LogP contribution in [0.4, 0.5) is 0 Å². The first kappa shape index (κ1) is 14.3. The molecule has 1 atom stereocenters. The van der Waals surface area contributed by atoms with Gasteiger partial charge in [0, 0.05) is 19.8 Å². The summed E-state index contributed by atoms with van der Waals surface area (Å²) in [5, 5.41) is 9.28. The Morgan fingerprint density at radius 3 is 2.78 bits per heavy atom. The lowest BCUT2D eigenvalue weighted by atomic mass is 10.1. The molecule has 0 fully saturated rings. The van der Waals surface area contributed by atoms with Crippen LogP contribution in [-0.2, 0) is 14.3 Å². The monoisotopic (exact) mass is 254 g/mol. The first-order valence-corrected chi connectivity index (χ1v) is 5.66. The number of carbonyl (C=O) groups excluding carboxylic acids is 1.